The highest BCUT2D eigenvalue weighted by Gasteiger charge is 2.25. The number of hydrogen-bond acceptors (Lipinski definition) is 5. The number of aliphatic carboxylic acids is 1. The summed E-state index contributed by atoms with van der Waals surface area (Å²) in [6.07, 6.45) is -2.01. The SMILES string of the molecule is O=PC(=O)[C@@H](OC(=O)CCC(=O)O)c1ccccc1. The van der Waals surface area contributed by atoms with Crippen LogP contribution >= 0.6 is 8.46 Å². The lowest BCUT2D eigenvalue weighted by atomic mass is 10.1. The van der Waals surface area contributed by atoms with Crippen LogP contribution < -0.4 is 0 Å². The van der Waals surface area contributed by atoms with Crippen molar-refractivity contribution in [1.82, 2.24) is 0 Å². The molecule has 1 atom stereocenters. The van der Waals surface area contributed by atoms with Gasteiger partial charge in [-0.25, -0.2) is 0 Å². The second kappa shape index (κ2) is 7.38. The van der Waals surface area contributed by atoms with Crippen molar-refractivity contribution in [3.05, 3.63) is 35.9 Å². The van der Waals surface area contributed by atoms with Crippen molar-refractivity contribution in [2.24, 2.45) is 0 Å². The Balaban J connectivity index is 2.76. The number of carboxylic acid groups (broad SMARTS) is 1. The summed E-state index contributed by atoms with van der Waals surface area (Å²) in [7, 11) is -0.768. The van der Waals surface area contributed by atoms with E-state index in [-0.39, 0.29) is 12.8 Å². The van der Waals surface area contributed by atoms with E-state index in [2.05, 4.69) is 0 Å². The number of rotatable bonds is 7. The standard InChI is InChI=1S/C12H11O6P/c13-9(14)6-7-10(15)18-11(12(16)19-17)8-4-2-1-3-5-8/h1-5,11H,6-7H2,(H,13,14)/t11-/m0/s1. The van der Waals surface area contributed by atoms with E-state index in [9.17, 15) is 18.9 Å². The number of carbonyl (C=O) groups excluding carboxylic acids is 2. The molecule has 0 amide bonds. The number of carboxylic acids is 1. The molecular formula is C12H11O6P. The van der Waals surface area contributed by atoms with Crippen LogP contribution in [0.5, 0.6) is 0 Å². The van der Waals surface area contributed by atoms with Gasteiger partial charge in [0.1, 0.15) is 0 Å². The number of benzene rings is 1. The van der Waals surface area contributed by atoms with Gasteiger partial charge in [0, 0.05) is 5.56 Å². The average molecular weight is 282 g/mol. The fraction of sp³-hybridized carbons (Fsp3) is 0.250. The number of ether oxygens (including phenoxy) is 1. The highest BCUT2D eigenvalue weighted by atomic mass is 31.1. The number of esters is 1. The largest absolute Gasteiger partial charge is 0.481 e. The molecule has 0 spiro atoms. The zero-order valence-electron chi connectivity index (χ0n) is 9.81. The minimum Gasteiger partial charge on any atom is -0.481 e. The monoisotopic (exact) mass is 282 g/mol. The lowest BCUT2D eigenvalue weighted by Gasteiger charge is -2.13. The molecule has 0 aliphatic carbocycles. The van der Waals surface area contributed by atoms with E-state index in [0.29, 0.717) is 5.56 Å². The van der Waals surface area contributed by atoms with Crippen LogP contribution in [0.2, 0.25) is 0 Å². The van der Waals surface area contributed by atoms with Crippen LogP contribution in [0.1, 0.15) is 24.5 Å². The van der Waals surface area contributed by atoms with Crippen molar-refractivity contribution >= 4 is 25.9 Å². The maximum absolute atomic E-state index is 11.5. The van der Waals surface area contributed by atoms with Gasteiger partial charge in [-0.15, -0.1) is 0 Å². The van der Waals surface area contributed by atoms with Crippen molar-refractivity contribution < 1.29 is 28.8 Å². The first-order valence-corrected chi connectivity index (χ1v) is 6.19. The molecular weight excluding hydrogens is 271 g/mol. The minimum atomic E-state index is -1.28. The van der Waals surface area contributed by atoms with Gasteiger partial charge in [-0.2, -0.15) is 0 Å². The molecule has 7 heteroatoms. The Kier molecular flexibility index (Phi) is 5.82. The summed E-state index contributed by atoms with van der Waals surface area (Å²) in [6, 6.07) is 8.10. The molecule has 0 unspecified atom stereocenters. The molecule has 1 aromatic rings. The quantitative estimate of drug-likeness (QED) is 0.606. The highest BCUT2D eigenvalue weighted by Crippen LogP contribution is 2.23. The van der Waals surface area contributed by atoms with Crippen molar-refractivity contribution in [2.45, 2.75) is 18.9 Å². The Labute approximate surface area is 110 Å². The lowest BCUT2D eigenvalue weighted by molar-refractivity contribution is -0.155. The average Bonchev–Trinajstić information content (AvgIpc) is 2.42. The van der Waals surface area contributed by atoms with Gasteiger partial charge in [-0.1, -0.05) is 30.3 Å². The van der Waals surface area contributed by atoms with Crippen LogP contribution in [-0.4, -0.2) is 22.6 Å². The zero-order chi connectivity index (χ0) is 14.3. The Hall–Kier alpha value is -2.07. The molecule has 1 aromatic carbocycles. The molecule has 0 saturated carbocycles. The summed E-state index contributed by atoms with van der Waals surface area (Å²) < 4.78 is 15.5. The van der Waals surface area contributed by atoms with E-state index in [4.69, 9.17) is 9.84 Å². The van der Waals surface area contributed by atoms with Crippen LogP contribution in [0.15, 0.2) is 30.3 Å². The molecule has 6 nitrogen and oxygen atoms in total. The first-order chi connectivity index (χ1) is 9.04. The van der Waals surface area contributed by atoms with E-state index in [1.165, 1.54) is 0 Å². The lowest BCUT2D eigenvalue weighted by Crippen LogP contribution is -2.17. The summed E-state index contributed by atoms with van der Waals surface area (Å²) in [5.74, 6) is -1.96. The van der Waals surface area contributed by atoms with Gasteiger partial charge in [-0.05, 0) is 0 Å². The molecule has 0 aliphatic rings. The molecule has 1 rings (SSSR count). The van der Waals surface area contributed by atoms with Gasteiger partial charge in [0.05, 0.1) is 12.8 Å². The second-order valence-corrected chi connectivity index (χ2v) is 4.23. The third kappa shape index (κ3) is 4.97. The molecule has 0 heterocycles. The van der Waals surface area contributed by atoms with E-state index < -0.39 is 32.0 Å². The fourth-order valence-electron chi connectivity index (χ4n) is 1.34. The second-order valence-electron chi connectivity index (χ2n) is 3.60. The topological polar surface area (TPSA) is 97.7 Å². The van der Waals surface area contributed by atoms with E-state index in [0.717, 1.165) is 0 Å². The molecule has 0 radical (unpaired) electrons. The fourth-order valence-corrected chi connectivity index (χ4v) is 1.63. The van der Waals surface area contributed by atoms with Crippen molar-refractivity contribution in [3.63, 3.8) is 0 Å². The molecule has 100 valence electrons. The molecule has 1 N–H and O–H groups in total. The van der Waals surface area contributed by atoms with Crippen LogP contribution in [-0.2, 0) is 23.7 Å². The van der Waals surface area contributed by atoms with Crippen LogP contribution in [0.25, 0.3) is 0 Å². The normalized spacial score (nSPS) is 11.8. The van der Waals surface area contributed by atoms with Crippen LogP contribution in [0.3, 0.4) is 0 Å². The third-order valence-electron chi connectivity index (χ3n) is 2.21. The Morgan fingerprint density at radius 1 is 1.16 bits per heavy atom. The summed E-state index contributed by atoms with van der Waals surface area (Å²) in [6.45, 7) is 0. The van der Waals surface area contributed by atoms with Crippen molar-refractivity contribution in [1.29, 1.82) is 0 Å². The summed E-state index contributed by atoms with van der Waals surface area (Å²) in [5.41, 5.74) is -0.408. The predicted molar refractivity (Wildman–Crippen MR) is 64.8 cm³/mol. The van der Waals surface area contributed by atoms with Crippen LogP contribution in [0.4, 0.5) is 0 Å². The maximum atomic E-state index is 11.5. The molecule has 19 heavy (non-hydrogen) atoms. The van der Waals surface area contributed by atoms with Crippen molar-refractivity contribution in [3.8, 4) is 0 Å². The predicted octanol–water partition coefficient (Wildman–Crippen LogP) is 1.95. The molecule has 0 saturated heterocycles. The van der Waals surface area contributed by atoms with E-state index in [1.807, 2.05) is 0 Å². The van der Waals surface area contributed by atoms with Gasteiger partial charge in [0.25, 0.3) is 5.52 Å². The molecule has 0 fully saturated rings. The van der Waals surface area contributed by atoms with Gasteiger partial charge in [-0.3, -0.25) is 18.9 Å². The summed E-state index contributed by atoms with van der Waals surface area (Å²) in [4.78, 5) is 33.2. The molecule has 0 aliphatic heterocycles. The Morgan fingerprint density at radius 3 is 2.32 bits per heavy atom. The minimum absolute atomic E-state index is 0.346. The van der Waals surface area contributed by atoms with E-state index >= 15 is 0 Å². The highest BCUT2D eigenvalue weighted by molar-refractivity contribution is 7.46. The van der Waals surface area contributed by atoms with Crippen LogP contribution in [0, 0.1) is 0 Å². The Bertz CT molecular complexity index is 484. The zero-order valence-corrected chi connectivity index (χ0v) is 10.7. The van der Waals surface area contributed by atoms with E-state index in [1.54, 1.807) is 30.3 Å². The van der Waals surface area contributed by atoms with Crippen molar-refractivity contribution in [2.75, 3.05) is 0 Å². The Morgan fingerprint density at radius 2 is 1.79 bits per heavy atom. The summed E-state index contributed by atoms with van der Waals surface area (Å²) in [5, 5.41) is 8.44. The van der Waals surface area contributed by atoms with Gasteiger partial charge in [0.15, 0.2) is 6.10 Å². The first-order valence-electron chi connectivity index (χ1n) is 5.38. The van der Waals surface area contributed by atoms with Gasteiger partial charge in [0.2, 0.25) is 8.46 Å². The van der Waals surface area contributed by atoms with Gasteiger partial charge < -0.3 is 9.84 Å². The van der Waals surface area contributed by atoms with Gasteiger partial charge >= 0.3 is 11.9 Å². The maximum Gasteiger partial charge on any atom is 0.307 e. The smallest absolute Gasteiger partial charge is 0.307 e. The molecule has 0 bridgehead atoms. The summed E-state index contributed by atoms with van der Waals surface area (Å²) >= 11 is 0. The molecule has 0 aromatic heterocycles. The number of carbonyl (C=O) groups is 3. The first kappa shape index (κ1) is 15.0. The third-order valence-corrected chi connectivity index (χ3v) is 2.62. The number of hydrogen-bond donors (Lipinski definition) is 1.